The Kier molecular flexibility index (Phi) is 3.67. The fourth-order valence-corrected chi connectivity index (χ4v) is 1.27. The first-order valence-electron chi connectivity index (χ1n) is 5.17. The molecule has 3 N–H and O–H groups in total. The summed E-state index contributed by atoms with van der Waals surface area (Å²) in [6.45, 7) is 0. The molecule has 0 aliphatic rings. The number of hydrogen-bond acceptors (Lipinski definition) is 4. The predicted molar refractivity (Wildman–Crippen MR) is 67.2 cm³/mol. The summed E-state index contributed by atoms with van der Waals surface area (Å²) in [5, 5.41) is 9.06. The largest absolute Gasteiger partial charge is 0.227 e. The van der Waals surface area contributed by atoms with E-state index in [0.29, 0.717) is 0 Å². The molecule has 2 rings (SSSR count). The van der Waals surface area contributed by atoms with Gasteiger partial charge in [-0.2, -0.15) is 5.53 Å². The molecular weight excluding hydrogens is 214 g/mol. The standard InChI is InChI=1S/C12H13N5/c13-17(12-9-5-2-6-10-12)16-15-14-11-7-3-1-4-8-11/h1-10H,13H2,(H,14,16). The molecule has 5 heteroatoms. The third-order valence-electron chi connectivity index (χ3n) is 2.11. The number of hydrogen-bond donors (Lipinski definition) is 2. The van der Waals surface area contributed by atoms with Crippen LogP contribution in [0.2, 0.25) is 0 Å². The van der Waals surface area contributed by atoms with E-state index in [2.05, 4.69) is 15.9 Å². The van der Waals surface area contributed by atoms with E-state index >= 15 is 0 Å². The minimum absolute atomic E-state index is 0.765. The summed E-state index contributed by atoms with van der Waals surface area (Å²) < 4.78 is 0. The zero-order valence-electron chi connectivity index (χ0n) is 9.19. The third kappa shape index (κ3) is 3.29. The maximum atomic E-state index is 5.73. The zero-order chi connectivity index (χ0) is 11.9. The second kappa shape index (κ2) is 5.62. The molecule has 0 atom stereocenters. The van der Waals surface area contributed by atoms with Crippen molar-refractivity contribution in [3.8, 4) is 0 Å². The highest BCUT2D eigenvalue weighted by Gasteiger charge is 1.96. The lowest BCUT2D eigenvalue weighted by Gasteiger charge is -2.15. The van der Waals surface area contributed by atoms with Crippen LogP contribution < -0.4 is 16.5 Å². The van der Waals surface area contributed by atoms with Crippen LogP contribution in [0.25, 0.3) is 0 Å². The molecule has 2 aromatic carbocycles. The molecule has 0 saturated heterocycles. The molecule has 0 spiro atoms. The van der Waals surface area contributed by atoms with Crippen molar-refractivity contribution < 1.29 is 0 Å². The second-order valence-electron chi connectivity index (χ2n) is 3.34. The molecule has 0 aliphatic carbocycles. The van der Waals surface area contributed by atoms with Gasteiger partial charge >= 0.3 is 0 Å². The minimum atomic E-state index is 0.765. The Hall–Kier alpha value is -2.40. The van der Waals surface area contributed by atoms with Crippen molar-refractivity contribution in [2.75, 3.05) is 5.12 Å². The number of hydrazine groups is 2. The van der Waals surface area contributed by atoms with Gasteiger partial charge in [-0.3, -0.25) is 0 Å². The van der Waals surface area contributed by atoms with Gasteiger partial charge in [0.05, 0.1) is 11.4 Å². The first kappa shape index (κ1) is 11.1. The molecule has 0 fully saturated rings. The molecule has 0 bridgehead atoms. The van der Waals surface area contributed by atoms with Crippen LogP contribution >= 0.6 is 0 Å². The summed E-state index contributed by atoms with van der Waals surface area (Å²) in [7, 11) is 0. The third-order valence-corrected chi connectivity index (χ3v) is 2.11. The van der Waals surface area contributed by atoms with E-state index in [1.54, 1.807) is 0 Å². The van der Waals surface area contributed by atoms with Crippen molar-refractivity contribution in [2.45, 2.75) is 0 Å². The molecule has 0 unspecified atom stereocenters. The van der Waals surface area contributed by atoms with Crippen molar-refractivity contribution in [2.24, 2.45) is 16.2 Å². The summed E-state index contributed by atoms with van der Waals surface area (Å²) >= 11 is 0. The molecule has 17 heavy (non-hydrogen) atoms. The summed E-state index contributed by atoms with van der Waals surface area (Å²) in [5.41, 5.74) is 4.19. The summed E-state index contributed by atoms with van der Waals surface area (Å²) in [4.78, 5) is 0. The van der Waals surface area contributed by atoms with Crippen LogP contribution in [-0.4, -0.2) is 0 Å². The van der Waals surface area contributed by atoms with E-state index in [-0.39, 0.29) is 0 Å². The maximum Gasteiger partial charge on any atom is 0.0874 e. The Morgan fingerprint density at radius 3 is 2.12 bits per heavy atom. The number of nitrogens with zero attached hydrogens (tertiary/aromatic N) is 3. The van der Waals surface area contributed by atoms with Gasteiger partial charge in [-0.15, -0.1) is 5.11 Å². The summed E-state index contributed by atoms with van der Waals surface area (Å²) in [6, 6.07) is 18.9. The van der Waals surface area contributed by atoms with Crippen LogP contribution in [0, 0.1) is 0 Å². The Bertz CT molecular complexity index is 469. The lowest BCUT2D eigenvalue weighted by molar-refractivity contribution is 0.647. The summed E-state index contributed by atoms with van der Waals surface area (Å²) in [6.07, 6.45) is 0. The smallest absolute Gasteiger partial charge is 0.0874 e. The fraction of sp³-hybridized carbons (Fsp3) is 0. The van der Waals surface area contributed by atoms with Crippen molar-refractivity contribution in [1.82, 2.24) is 5.53 Å². The normalized spacial score (nSPS) is 10.4. The Morgan fingerprint density at radius 1 is 0.882 bits per heavy atom. The average molecular weight is 227 g/mol. The maximum absolute atomic E-state index is 5.73. The quantitative estimate of drug-likeness (QED) is 0.479. The average Bonchev–Trinajstić information content (AvgIpc) is 2.41. The van der Waals surface area contributed by atoms with Crippen LogP contribution in [0.15, 0.2) is 71.0 Å². The highest BCUT2D eigenvalue weighted by atomic mass is 15.8. The van der Waals surface area contributed by atoms with Crippen molar-refractivity contribution >= 4 is 11.4 Å². The molecule has 86 valence electrons. The molecule has 5 nitrogen and oxygen atoms in total. The van der Waals surface area contributed by atoms with E-state index in [1.165, 1.54) is 5.12 Å². The summed E-state index contributed by atoms with van der Waals surface area (Å²) in [5.74, 6) is 5.73. The molecule has 0 heterocycles. The van der Waals surface area contributed by atoms with Crippen LogP contribution in [0.3, 0.4) is 0 Å². The molecule has 0 aliphatic heterocycles. The number of nitrogens with two attached hydrogens (primary N) is 1. The van der Waals surface area contributed by atoms with Gasteiger partial charge in [-0.05, 0) is 24.3 Å². The van der Waals surface area contributed by atoms with Crippen LogP contribution in [0.4, 0.5) is 11.4 Å². The molecule has 0 saturated carbocycles. The Labute approximate surface area is 99.5 Å². The fourth-order valence-electron chi connectivity index (χ4n) is 1.27. The minimum Gasteiger partial charge on any atom is -0.227 e. The Morgan fingerprint density at radius 2 is 1.47 bits per heavy atom. The van der Waals surface area contributed by atoms with E-state index in [4.69, 9.17) is 5.84 Å². The lowest BCUT2D eigenvalue weighted by Crippen LogP contribution is -2.40. The highest BCUT2D eigenvalue weighted by Crippen LogP contribution is 2.10. The van der Waals surface area contributed by atoms with Gasteiger partial charge in [0.15, 0.2) is 0 Å². The van der Waals surface area contributed by atoms with Crippen LogP contribution in [-0.2, 0) is 0 Å². The number of benzene rings is 2. The number of para-hydroxylation sites is 1. The molecule has 0 aromatic heterocycles. The highest BCUT2D eigenvalue weighted by molar-refractivity contribution is 5.42. The van der Waals surface area contributed by atoms with Gasteiger partial charge in [-0.1, -0.05) is 41.6 Å². The van der Waals surface area contributed by atoms with Gasteiger partial charge in [0.1, 0.15) is 0 Å². The van der Waals surface area contributed by atoms with E-state index in [0.717, 1.165) is 11.4 Å². The van der Waals surface area contributed by atoms with Gasteiger partial charge < -0.3 is 0 Å². The SMILES string of the molecule is NN(NN=Nc1ccccc1)c1ccccc1. The van der Waals surface area contributed by atoms with Crippen molar-refractivity contribution in [1.29, 1.82) is 0 Å². The van der Waals surface area contributed by atoms with E-state index in [1.807, 2.05) is 60.7 Å². The molecule has 0 amide bonds. The monoisotopic (exact) mass is 227 g/mol. The van der Waals surface area contributed by atoms with E-state index < -0.39 is 0 Å². The zero-order valence-corrected chi connectivity index (χ0v) is 9.19. The van der Waals surface area contributed by atoms with Gasteiger partial charge in [-0.25, -0.2) is 11.0 Å². The number of anilines is 1. The van der Waals surface area contributed by atoms with Crippen LogP contribution in [0.1, 0.15) is 0 Å². The lowest BCUT2D eigenvalue weighted by atomic mass is 10.3. The van der Waals surface area contributed by atoms with Gasteiger partial charge in [0.25, 0.3) is 0 Å². The first-order valence-corrected chi connectivity index (χ1v) is 5.17. The van der Waals surface area contributed by atoms with Gasteiger partial charge in [0.2, 0.25) is 0 Å². The van der Waals surface area contributed by atoms with Crippen LogP contribution in [0.5, 0.6) is 0 Å². The second-order valence-corrected chi connectivity index (χ2v) is 3.34. The first-order chi connectivity index (χ1) is 8.36. The predicted octanol–water partition coefficient (Wildman–Crippen LogP) is 2.57. The number of rotatable bonds is 4. The molecular formula is C12H13N5. The van der Waals surface area contributed by atoms with Crippen molar-refractivity contribution in [3.63, 3.8) is 0 Å². The van der Waals surface area contributed by atoms with E-state index in [9.17, 15) is 0 Å². The topological polar surface area (TPSA) is 66.0 Å². The Balaban J connectivity index is 1.93. The van der Waals surface area contributed by atoms with Crippen molar-refractivity contribution in [3.05, 3.63) is 60.7 Å². The van der Waals surface area contributed by atoms with Gasteiger partial charge in [0, 0.05) is 0 Å². The number of nitrogens with one attached hydrogen (secondary N) is 1. The molecule has 0 radical (unpaired) electrons. The molecule has 2 aromatic rings.